The molecular weight excluding hydrogens is 370 g/mol. The normalized spacial score (nSPS) is 14.8. The summed E-state index contributed by atoms with van der Waals surface area (Å²) in [6.45, 7) is 0. The maximum atomic E-state index is 13.1. The van der Waals surface area contributed by atoms with Crippen molar-refractivity contribution in [2.24, 2.45) is 0 Å². The predicted octanol–water partition coefficient (Wildman–Crippen LogP) is 6.22. The first kappa shape index (κ1) is 17.2. The fourth-order valence-corrected chi connectivity index (χ4v) is 2.87. The second-order valence-corrected chi connectivity index (χ2v) is 7.77. The number of hydrogen-bond acceptors (Lipinski definition) is 1. The average Bonchev–Trinajstić information content (AvgIpc) is 2.88. The molecule has 3 aromatic rings. The molecule has 0 fully saturated rings. The molecule has 0 radical (unpaired) electrons. The SMILES string of the molecule is O=C(Nc1ccc(S(F)(F)(F)(F)F)cc1)c1cc2cc(F)ccc2[nH]1. The summed E-state index contributed by atoms with van der Waals surface area (Å²) >= 11 is 0. The van der Waals surface area contributed by atoms with Crippen LogP contribution in [0.2, 0.25) is 0 Å². The molecule has 3 rings (SSSR count). The van der Waals surface area contributed by atoms with E-state index in [9.17, 15) is 28.6 Å². The van der Waals surface area contributed by atoms with Crippen LogP contribution in [0, 0.1) is 5.82 Å². The summed E-state index contributed by atoms with van der Waals surface area (Å²) in [5.41, 5.74) is 0.431. The van der Waals surface area contributed by atoms with Gasteiger partial charge in [-0.05, 0) is 48.5 Å². The van der Waals surface area contributed by atoms with Gasteiger partial charge in [-0.15, -0.1) is 0 Å². The van der Waals surface area contributed by atoms with Gasteiger partial charge in [-0.2, -0.15) is 0 Å². The maximum absolute atomic E-state index is 13.1. The number of carbonyl (C=O) groups excluding carboxylic acids is 1. The van der Waals surface area contributed by atoms with Gasteiger partial charge < -0.3 is 10.3 Å². The number of carbonyl (C=O) groups is 1. The molecular formula is C15H10F6N2OS. The highest BCUT2D eigenvalue weighted by atomic mass is 32.5. The molecule has 2 N–H and O–H groups in total. The van der Waals surface area contributed by atoms with Crippen molar-refractivity contribution in [3.8, 4) is 0 Å². The quantitative estimate of drug-likeness (QED) is 0.521. The van der Waals surface area contributed by atoms with Gasteiger partial charge in [0.2, 0.25) is 0 Å². The molecule has 1 aromatic heterocycles. The Balaban J connectivity index is 1.83. The molecule has 25 heavy (non-hydrogen) atoms. The Morgan fingerprint density at radius 2 is 1.56 bits per heavy atom. The lowest BCUT2D eigenvalue weighted by Crippen LogP contribution is -2.12. The number of nitrogens with one attached hydrogen (secondary N) is 2. The third-order valence-electron chi connectivity index (χ3n) is 3.39. The molecule has 10 heteroatoms. The van der Waals surface area contributed by atoms with Gasteiger partial charge in [0.05, 0.1) is 0 Å². The van der Waals surface area contributed by atoms with Crippen LogP contribution in [0.15, 0.2) is 53.4 Å². The van der Waals surface area contributed by atoms with Crippen molar-refractivity contribution >= 4 is 32.7 Å². The van der Waals surface area contributed by atoms with E-state index in [1.165, 1.54) is 24.3 Å². The number of fused-ring (bicyclic) bond motifs is 1. The first-order chi connectivity index (χ1) is 11.3. The molecule has 0 aliphatic carbocycles. The van der Waals surface area contributed by atoms with Gasteiger partial charge >= 0.3 is 10.2 Å². The molecule has 0 bridgehead atoms. The number of anilines is 1. The zero-order valence-electron chi connectivity index (χ0n) is 12.2. The monoisotopic (exact) mass is 380 g/mol. The lowest BCUT2D eigenvalue weighted by Gasteiger charge is -2.40. The van der Waals surface area contributed by atoms with Gasteiger partial charge in [-0.3, -0.25) is 4.79 Å². The zero-order valence-corrected chi connectivity index (χ0v) is 13.0. The van der Waals surface area contributed by atoms with Crippen molar-refractivity contribution in [3.05, 3.63) is 60.0 Å². The van der Waals surface area contributed by atoms with E-state index < -0.39 is 26.8 Å². The molecule has 0 saturated carbocycles. The molecule has 0 spiro atoms. The third kappa shape index (κ3) is 3.73. The van der Waals surface area contributed by atoms with Gasteiger partial charge in [0.1, 0.15) is 16.4 Å². The van der Waals surface area contributed by atoms with Crippen molar-refractivity contribution in [1.29, 1.82) is 0 Å². The van der Waals surface area contributed by atoms with Crippen molar-refractivity contribution in [3.63, 3.8) is 0 Å². The summed E-state index contributed by atoms with van der Waals surface area (Å²) in [5, 5.41) is 2.71. The number of aromatic nitrogens is 1. The smallest absolute Gasteiger partial charge is 0.310 e. The van der Waals surface area contributed by atoms with Crippen LogP contribution >= 0.6 is 10.2 Å². The van der Waals surface area contributed by atoms with E-state index in [4.69, 9.17) is 0 Å². The number of hydrogen-bond donors (Lipinski definition) is 2. The van der Waals surface area contributed by atoms with Crippen molar-refractivity contribution in [1.82, 2.24) is 4.98 Å². The van der Waals surface area contributed by atoms with Gasteiger partial charge in [0, 0.05) is 16.6 Å². The zero-order chi connectivity index (χ0) is 18.5. The maximum Gasteiger partial charge on any atom is 0.310 e. The minimum atomic E-state index is -9.75. The first-order valence-electron chi connectivity index (χ1n) is 6.76. The van der Waals surface area contributed by atoms with E-state index in [2.05, 4.69) is 10.3 Å². The van der Waals surface area contributed by atoms with Crippen LogP contribution < -0.4 is 5.32 Å². The van der Waals surface area contributed by atoms with Crippen LogP contribution in [-0.4, -0.2) is 10.9 Å². The topological polar surface area (TPSA) is 44.9 Å². The van der Waals surface area contributed by atoms with Crippen LogP contribution in [0.3, 0.4) is 0 Å². The summed E-state index contributed by atoms with van der Waals surface area (Å²) in [5.74, 6) is -1.21. The fourth-order valence-electron chi connectivity index (χ4n) is 2.22. The van der Waals surface area contributed by atoms with Crippen molar-refractivity contribution < 1.29 is 28.6 Å². The molecule has 2 aromatic carbocycles. The van der Waals surface area contributed by atoms with Crippen molar-refractivity contribution in [2.75, 3.05) is 5.32 Å². The van der Waals surface area contributed by atoms with Crippen LogP contribution in [0.25, 0.3) is 10.9 Å². The summed E-state index contributed by atoms with van der Waals surface area (Å²) in [6.07, 6.45) is 0. The summed E-state index contributed by atoms with van der Waals surface area (Å²) in [4.78, 5) is 12.8. The van der Waals surface area contributed by atoms with E-state index in [1.54, 1.807) is 0 Å². The second kappa shape index (κ2) is 4.72. The molecule has 0 atom stereocenters. The van der Waals surface area contributed by atoms with E-state index >= 15 is 0 Å². The highest BCUT2D eigenvalue weighted by Crippen LogP contribution is 3.02. The second-order valence-electron chi connectivity index (χ2n) is 5.36. The lowest BCUT2D eigenvalue weighted by atomic mass is 10.2. The van der Waals surface area contributed by atoms with Gasteiger partial charge in [0.25, 0.3) is 5.91 Å². The van der Waals surface area contributed by atoms with Gasteiger partial charge in [0.15, 0.2) is 0 Å². The number of benzene rings is 2. The molecule has 0 saturated heterocycles. The Hall–Kier alpha value is -2.62. The molecule has 1 amide bonds. The highest BCUT2D eigenvalue weighted by molar-refractivity contribution is 8.45. The molecule has 134 valence electrons. The summed E-state index contributed by atoms with van der Waals surface area (Å²) in [6, 6.07) is 7.05. The van der Waals surface area contributed by atoms with E-state index in [1.807, 2.05) is 0 Å². The standard InChI is InChI=1S/C15H10F6N2OS/c16-10-1-6-13-9(7-10)8-14(23-13)15(24)22-11-2-4-12(5-3-11)25(17,18,19,20)21/h1-8,23H,(H,22,24). The summed E-state index contributed by atoms with van der Waals surface area (Å²) in [7, 11) is -9.75. The Bertz CT molecular complexity index is 980. The third-order valence-corrected chi connectivity index (χ3v) is 4.55. The predicted molar refractivity (Wildman–Crippen MR) is 84.0 cm³/mol. The Labute approximate surface area is 137 Å². The summed E-state index contributed by atoms with van der Waals surface area (Å²) < 4.78 is 76.3. The highest BCUT2D eigenvalue weighted by Gasteiger charge is 2.65. The molecule has 3 nitrogen and oxygen atoms in total. The van der Waals surface area contributed by atoms with E-state index in [0.29, 0.717) is 10.9 Å². The van der Waals surface area contributed by atoms with E-state index in [-0.39, 0.29) is 23.5 Å². The number of aromatic amines is 1. The minimum absolute atomic E-state index is 0.0393. The Morgan fingerprint density at radius 3 is 2.16 bits per heavy atom. The van der Waals surface area contributed by atoms with Crippen LogP contribution in [0.1, 0.15) is 10.5 Å². The fraction of sp³-hybridized carbons (Fsp3) is 0. The molecule has 0 aliphatic heterocycles. The number of rotatable bonds is 3. The number of amides is 1. The largest absolute Gasteiger partial charge is 0.351 e. The van der Waals surface area contributed by atoms with Gasteiger partial charge in [-0.1, -0.05) is 19.4 Å². The Kier molecular flexibility index (Phi) is 3.25. The minimum Gasteiger partial charge on any atom is -0.351 e. The first-order valence-corrected chi connectivity index (χ1v) is 8.71. The molecule has 1 heterocycles. The Morgan fingerprint density at radius 1 is 0.920 bits per heavy atom. The molecule has 0 unspecified atom stereocenters. The average molecular weight is 380 g/mol. The van der Waals surface area contributed by atoms with Crippen LogP contribution in [-0.2, 0) is 0 Å². The van der Waals surface area contributed by atoms with Crippen LogP contribution in [0.5, 0.6) is 0 Å². The van der Waals surface area contributed by atoms with Gasteiger partial charge in [-0.25, -0.2) is 4.39 Å². The lowest BCUT2D eigenvalue weighted by molar-refractivity contribution is 0.102. The van der Waals surface area contributed by atoms with Crippen molar-refractivity contribution in [2.45, 2.75) is 4.90 Å². The molecule has 0 aliphatic rings. The number of halogens is 6. The van der Waals surface area contributed by atoms with Crippen LogP contribution in [0.4, 0.5) is 29.5 Å². The number of H-pyrrole nitrogens is 1. The van der Waals surface area contributed by atoms with E-state index in [0.717, 1.165) is 12.1 Å².